The fourth-order valence-electron chi connectivity index (χ4n) is 1.20. The lowest BCUT2D eigenvalue weighted by Crippen LogP contribution is -2.08. The summed E-state index contributed by atoms with van der Waals surface area (Å²) in [5, 5.41) is 18.3. The Kier molecular flexibility index (Phi) is 5.29. The van der Waals surface area contributed by atoms with E-state index in [9.17, 15) is 5.11 Å². The van der Waals surface area contributed by atoms with Gasteiger partial charge in [0.05, 0.1) is 11.9 Å². The first-order valence-corrected chi connectivity index (χ1v) is 5.89. The van der Waals surface area contributed by atoms with Crippen LogP contribution in [0.3, 0.4) is 0 Å². The zero-order valence-corrected chi connectivity index (χ0v) is 9.41. The molecule has 0 radical (unpaired) electrons. The molecule has 0 heterocycles. The van der Waals surface area contributed by atoms with Gasteiger partial charge in [-0.25, -0.2) is 0 Å². The summed E-state index contributed by atoms with van der Waals surface area (Å²) in [7, 11) is 0. The van der Waals surface area contributed by atoms with Crippen LogP contribution in [-0.4, -0.2) is 22.1 Å². The van der Waals surface area contributed by atoms with Crippen molar-refractivity contribution < 1.29 is 10.2 Å². The number of aliphatic hydroxyl groups excluding tert-OH is 2. The molecule has 0 spiro atoms. The topological polar surface area (TPSA) is 40.5 Å². The van der Waals surface area contributed by atoms with E-state index in [1.54, 1.807) is 11.8 Å². The second-order valence-corrected chi connectivity index (χ2v) is 4.54. The Morgan fingerprint density at radius 2 is 2.00 bits per heavy atom. The highest BCUT2D eigenvalue weighted by atomic mass is 32.2. The molecule has 1 rings (SSSR count). The molecule has 1 unspecified atom stereocenters. The molecule has 1 aromatic rings. The van der Waals surface area contributed by atoms with Gasteiger partial charge in [0.25, 0.3) is 0 Å². The van der Waals surface area contributed by atoms with Gasteiger partial charge in [0, 0.05) is 17.1 Å². The molecule has 0 aliphatic heterocycles. The van der Waals surface area contributed by atoms with Gasteiger partial charge < -0.3 is 10.2 Å². The number of aliphatic hydroxyl groups is 2. The van der Waals surface area contributed by atoms with Gasteiger partial charge in [0.2, 0.25) is 0 Å². The standard InChI is InChI=1S/C12H16O2S/c1-10(13)9-11(14)7-8-15-12-5-3-2-4-6-12/h2-6,11,13-14H,1,7-9H2. The second-order valence-electron chi connectivity index (χ2n) is 3.37. The van der Waals surface area contributed by atoms with Crippen molar-refractivity contribution in [3.05, 3.63) is 42.7 Å². The van der Waals surface area contributed by atoms with Crippen LogP contribution in [0.4, 0.5) is 0 Å². The minimum atomic E-state index is -0.487. The van der Waals surface area contributed by atoms with Gasteiger partial charge in [-0.05, 0) is 18.6 Å². The predicted octanol–water partition coefficient (Wildman–Crippen LogP) is 2.99. The Morgan fingerprint density at radius 1 is 1.33 bits per heavy atom. The lowest BCUT2D eigenvalue weighted by atomic mass is 10.2. The Labute approximate surface area is 94.6 Å². The summed E-state index contributed by atoms with van der Waals surface area (Å²) >= 11 is 1.70. The summed E-state index contributed by atoms with van der Waals surface area (Å²) in [4.78, 5) is 1.20. The minimum Gasteiger partial charge on any atom is -0.513 e. The van der Waals surface area contributed by atoms with Gasteiger partial charge in [-0.2, -0.15) is 0 Å². The summed E-state index contributed by atoms with van der Waals surface area (Å²) < 4.78 is 0. The van der Waals surface area contributed by atoms with Crippen molar-refractivity contribution in [2.75, 3.05) is 5.75 Å². The van der Waals surface area contributed by atoms with Crippen molar-refractivity contribution >= 4 is 11.8 Å². The zero-order chi connectivity index (χ0) is 11.1. The smallest absolute Gasteiger partial charge is 0.0876 e. The average Bonchev–Trinajstić information content (AvgIpc) is 2.18. The van der Waals surface area contributed by atoms with Gasteiger partial charge in [-0.1, -0.05) is 24.8 Å². The van der Waals surface area contributed by atoms with Gasteiger partial charge >= 0.3 is 0 Å². The fraction of sp³-hybridized carbons (Fsp3) is 0.333. The number of thioether (sulfide) groups is 1. The van der Waals surface area contributed by atoms with E-state index in [1.807, 2.05) is 30.3 Å². The highest BCUT2D eigenvalue weighted by molar-refractivity contribution is 7.99. The SMILES string of the molecule is C=C(O)CC(O)CCSc1ccccc1. The molecule has 1 atom stereocenters. The van der Waals surface area contributed by atoms with Crippen LogP contribution in [0.25, 0.3) is 0 Å². The molecule has 0 amide bonds. The normalized spacial score (nSPS) is 12.3. The van der Waals surface area contributed by atoms with E-state index < -0.39 is 6.10 Å². The summed E-state index contributed by atoms with van der Waals surface area (Å²) in [6.07, 6.45) is 0.452. The van der Waals surface area contributed by atoms with Crippen LogP contribution in [-0.2, 0) is 0 Å². The molecule has 2 N–H and O–H groups in total. The van der Waals surface area contributed by atoms with Crippen LogP contribution >= 0.6 is 11.8 Å². The molecule has 0 saturated heterocycles. The molecule has 0 bridgehead atoms. The Bertz CT molecular complexity index is 298. The van der Waals surface area contributed by atoms with Crippen molar-refractivity contribution in [3.63, 3.8) is 0 Å². The van der Waals surface area contributed by atoms with E-state index in [0.29, 0.717) is 6.42 Å². The minimum absolute atomic E-state index is 0.0483. The van der Waals surface area contributed by atoms with Crippen LogP contribution in [0.1, 0.15) is 12.8 Å². The van der Waals surface area contributed by atoms with Crippen molar-refractivity contribution in [1.82, 2.24) is 0 Å². The van der Waals surface area contributed by atoms with E-state index in [1.165, 1.54) is 4.90 Å². The molecule has 0 fully saturated rings. The zero-order valence-electron chi connectivity index (χ0n) is 8.60. The van der Waals surface area contributed by atoms with Crippen molar-refractivity contribution in [1.29, 1.82) is 0 Å². The number of rotatable bonds is 6. The third kappa shape index (κ3) is 5.50. The maximum Gasteiger partial charge on any atom is 0.0876 e. The van der Waals surface area contributed by atoms with Crippen LogP contribution < -0.4 is 0 Å². The molecule has 3 heteroatoms. The molecule has 1 aromatic carbocycles. The molecule has 0 aromatic heterocycles. The maximum atomic E-state index is 9.46. The van der Waals surface area contributed by atoms with Gasteiger partial charge in [-0.3, -0.25) is 0 Å². The highest BCUT2D eigenvalue weighted by Gasteiger charge is 2.05. The van der Waals surface area contributed by atoms with Gasteiger partial charge in [0.15, 0.2) is 0 Å². The first-order valence-electron chi connectivity index (χ1n) is 4.91. The number of hydrogen-bond acceptors (Lipinski definition) is 3. The Morgan fingerprint density at radius 3 is 2.60 bits per heavy atom. The van der Waals surface area contributed by atoms with E-state index in [-0.39, 0.29) is 12.2 Å². The highest BCUT2D eigenvalue weighted by Crippen LogP contribution is 2.19. The molecular weight excluding hydrogens is 208 g/mol. The molecule has 2 nitrogen and oxygen atoms in total. The van der Waals surface area contributed by atoms with Crippen LogP contribution in [0.2, 0.25) is 0 Å². The van der Waals surface area contributed by atoms with E-state index in [0.717, 1.165) is 5.75 Å². The quantitative estimate of drug-likeness (QED) is 0.576. The fourth-order valence-corrected chi connectivity index (χ4v) is 2.18. The first kappa shape index (κ1) is 12.1. The van der Waals surface area contributed by atoms with E-state index >= 15 is 0 Å². The van der Waals surface area contributed by atoms with Gasteiger partial charge in [-0.15, -0.1) is 11.8 Å². The lowest BCUT2D eigenvalue weighted by Gasteiger charge is -2.08. The van der Waals surface area contributed by atoms with Crippen LogP contribution in [0.15, 0.2) is 47.6 Å². The largest absolute Gasteiger partial charge is 0.513 e. The van der Waals surface area contributed by atoms with Crippen molar-refractivity contribution in [2.24, 2.45) is 0 Å². The molecular formula is C12H16O2S. The predicted molar refractivity (Wildman–Crippen MR) is 64.2 cm³/mol. The summed E-state index contributed by atoms with van der Waals surface area (Å²) in [5.74, 6) is 0.894. The monoisotopic (exact) mass is 224 g/mol. The second kappa shape index (κ2) is 6.53. The average molecular weight is 224 g/mol. The maximum absolute atomic E-state index is 9.46. The summed E-state index contributed by atoms with van der Waals surface area (Å²) in [5.41, 5.74) is 0. The summed E-state index contributed by atoms with van der Waals surface area (Å²) in [6.45, 7) is 3.35. The lowest BCUT2D eigenvalue weighted by molar-refractivity contribution is 0.156. The molecule has 0 aliphatic rings. The Balaban J connectivity index is 2.19. The van der Waals surface area contributed by atoms with Crippen molar-refractivity contribution in [3.8, 4) is 0 Å². The molecule has 15 heavy (non-hydrogen) atoms. The third-order valence-electron chi connectivity index (χ3n) is 1.93. The van der Waals surface area contributed by atoms with E-state index in [2.05, 4.69) is 6.58 Å². The molecule has 0 aliphatic carbocycles. The number of benzene rings is 1. The summed E-state index contributed by atoms with van der Waals surface area (Å²) in [6, 6.07) is 10.1. The first-order chi connectivity index (χ1) is 7.18. The van der Waals surface area contributed by atoms with Crippen LogP contribution in [0, 0.1) is 0 Å². The Hall–Kier alpha value is -0.930. The molecule has 0 saturated carbocycles. The third-order valence-corrected chi connectivity index (χ3v) is 2.98. The van der Waals surface area contributed by atoms with Crippen LogP contribution in [0.5, 0.6) is 0 Å². The molecule has 82 valence electrons. The number of hydrogen-bond donors (Lipinski definition) is 2. The van der Waals surface area contributed by atoms with Gasteiger partial charge in [0.1, 0.15) is 0 Å². The van der Waals surface area contributed by atoms with E-state index in [4.69, 9.17) is 5.11 Å². The van der Waals surface area contributed by atoms with Crippen molar-refractivity contribution in [2.45, 2.75) is 23.8 Å².